The lowest BCUT2D eigenvalue weighted by molar-refractivity contribution is 0.262. The Balaban J connectivity index is 0.000000880. The Kier molecular flexibility index (Phi) is 5.63. The molecule has 2 unspecified atom stereocenters. The van der Waals surface area contributed by atoms with Gasteiger partial charge in [-0.3, -0.25) is 5.01 Å². The van der Waals surface area contributed by atoms with Gasteiger partial charge in [0.1, 0.15) is 28.9 Å². The maximum Gasteiger partial charge on any atom is 0.144 e. The number of hydrogen-bond acceptors (Lipinski definition) is 4. The van der Waals surface area contributed by atoms with E-state index in [4.69, 9.17) is 9.84 Å². The van der Waals surface area contributed by atoms with E-state index in [-0.39, 0.29) is 17.8 Å². The Bertz CT molecular complexity index is 751. The van der Waals surface area contributed by atoms with Crippen molar-refractivity contribution in [1.29, 1.82) is 0 Å². The third-order valence-electron chi connectivity index (χ3n) is 4.20. The average molecular weight is 358 g/mol. The highest BCUT2D eigenvalue weighted by Crippen LogP contribution is 2.44. The van der Waals surface area contributed by atoms with E-state index in [1.807, 2.05) is 37.1 Å². The molecule has 132 valence electrons. The van der Waals surface area contributed by atoms with Crippen molar-refractivity contribution in [3.8, 4) is 5.75 Å². The Hall–Kier alpha value is -2.01. The number of thioether (sulfide) groups is 1. The van der Waals surface area contributed by atoms with Crippen molar-refractivity contribution in [2.45, 2.75) is 32.7 Å². The van der Waals surface area contributed by atoms with E-state index in [9.17, 15) is 4.39 Å². The summed E-state index contributed by atoms with van der Waals surface area (Å²) in [5.41, 5.74) is 1.94. The lowest BCUT2D eigenvalue weighted by Crippen LogP contribution is -2.40. The molecule has 0 spiro atoms. The maximum atomic E-state index is 13.7. The van der Waals surface area contributed by atoms with Crippen LogP contribution in [0.5, 0.6) is 5.75 Å². The molecular weight excluding hydrogens is 335 g/mol. The molecule has 0 radical (unpaired) electrons. The molecule has 2 aliphatic heterocycles. The summed E-state index contributed by atoms with van der Waals surface area (Å²) >= 11 is 1.75. The first-order chi connectivity index (χ1) is 12.3. The van der Waals surface area contributed by atoms with Crippen LogP contribution in [0.2, 0.25) is 0 Å². The third-order valence-corrected chi connectivity index (χ3v) is 5.12. The number of nitrogens with zero attached hydrogens (tertiary/aromatic N) is 2. The Morgan fingerprint density at radius 3 is 2.68 bits per heavy atom. The van der Waals surface area contributed by atoms with Crippen LogP contribution < -0.4 is 9.75 Å². The summed E-state index contributed by atoms with van der Waals surface area (Å²) < 4.78 is 19.6. The first kappa shape index (κ1) is 17.8. The Labute approximate surface area is 152 Å². The molecule has 0 fully saturated rings. The minimum absolute atomic E-state index is 0.0701. The summed E-state index contributed by atoms with van der Waals surface area (Å²) in [5.74, 6) is 1.55. The highest BCUT2D eigenvalue weighted by molar-refractivity contribution is 8.14. The van der Waals surface area contributed by atoms with Crippen molar-refractivity contribution >= 4 is 22.5 Å². The minimum Gasteiger partial charge on any atom is -0.489 e. The van der Waals surface area contributed by atoms with E-state index in [0.717, 1.165) is 10.8 Å². The fourth-order valence-electron chi connectivity index (χ4n) is 3.21. The van der Waals surface area contributed by atoms with Crippen LogP contribution in [-0.4, -0.2) is 23.4 Å². The second-order valence-corrected chi connectivity index (χ2v) is 6.88. The number of ether oxygens (including phenoxy) is 1. The van der Waals surface area contributed by atoms with Crippen LogP contribution in [0, 0.1) is 5.82 Å². The highest BCUT2D eigenvalue weighted by Gasteiger charge is 2.42. The summed E-state index contributed by atoms with van der Waals surface area (Å²) in [6.07, 6.45) is 0. The summed E-state index contributed by atoms with van der Waals surface area (Å²) in [4.78, 5) is 0. The standard InChI is InChI=1S/C18H17FN2OS.C2H6/c1-2-23-18-17(12-6-4-3-5-7-12)15-11-22-16-9-8-13(19)10-14(16)21(15)20-18;1-2/h3-10,15,17H,2,11H2,1H3;1-2H3. The molecule has 2 aromatic carbocycles. The fourth-order valence-corrected chi connectivity index (χ4v) is 4.12. The van der Waals surface area contributed by atoms with Crippen LogP contribution in [0.15, 0.2) is 53.6 Å². The first-order valence-electron chi connectivity index (χ1n) is 8.75. The van der Waals surface area contributed by atoms with Crippen molar-refractivity contribution < 1.29 is 9.13 Å². The van der Waals surface area contributed by atoms with Gasteiger partial charge in [0, 0.05) is 6.07 Å². The molecule has 2 heterocycles. The Morgan fingerprint density at radius 1 is 1.20 bits per heavy atom. The van der Waals surface area contributed by atoms with Crippen LogP contribution in [0.4, 0.5) is 10.1 Å². The molecule has 0 aliphatic carbocycles. The molecule has 3 nitrogen and oxygen atoms in total. The van der Waals surface area contributed by atoms with Crippen molar-refractivity contribution in [3.63, 3.8) is 0 Å². The summed E-state index contributed by atoms with van der Waals surface area (Å²) in [7, 11) is 0. The van der Waals surface area contributed by atoms with Crippen LogP contribution in [0.25, 0.3) is 0 Å². The predicted molar refractivity (Wildman–Crippen MR) is 104 cm³/mol. The zero-order valence-corrected chi connectivity index (χ0v) is 15.6. The first-order valence-corrected chi connectivity index (χ1v) is 9.74. The van der Waals surface area contributed by atoms with Gasteiger partial charge in [-0.1, -0.05) is 51.1 Å². The van der Waals surface area contributed by atoms with Gasteiger partial charge in [0.25, 0.3) is 0 Å². The van der Waals surface area contributed by atoms with Gasteiger partial charge >= 0.3 is 0 Å². The summed E-state index contributed by atoms with van der Waals surface area (Å²) in [5, 5.41) is 7.82. The zero-order valence-electron chi connectivity index (χ0n) is 14.8. The topological polar surface area (TPSA) is 24.8 Å². The van der Waals surface area contributed by atoms with Crippen LogP contribution >= 0.6 is 11.8 Å². The number of hydrogen-bond donors (Lipinski definition) is 0. The van der Waals surface area contributed by atoms with E-state index in [0.29, 0.717) is 18.0 Å². The molecule has 25 heavy (non-hydrogen) atoms. The number of rotatable bonds is 2. The SMILES string of the molecule is CC.CCSC1=NN2c3cc(F)ccc3OCC2C1c1ccccc1. The molecule has 0 saturated heterocycles. The van der Waals surface area contributed by atoms with Crippen molar-refractivity contribution in [3.05, 3.63) is 59.9 Å². The van der Waals surface area contributed by atoms with Gasteiger partial charge in [-0.25, -0.2) is 4.39 Å². The molecule has 2 aromatic rings. The van der Waals surface area contributed by atoms with Gasteiger partial charge in [-0.15, -0.1) is 11.8 Å². The normalized spacial score (nSPS) is 20.6. The summed E-state index contributed by atoms with van der Waals surface area (Å²) in [6, 6.07) is 15.0. The second-order valence-electron chi connectivity index (χ2n) is 5.59. The molecule has 4 rings (SSSR count). The van der Waals surface area contributed by atoms with E-state index in [1.165, 1.54) is 17.7 Å². The van der Waals surface area contributed by atoms with Gasteiger partial charge in [0.15, 0.2) is 0 Å². The number of hydrazone groups is 1. The largest absolute Gasteiger partial charge is 0.489 e. The lowest BCUT2D eigenvalue weighted by Gasteiger charge is -2.33. The molecule has 0 saturated carbocycles. The number of benzene rings is 2. The number of anilines is 1. The predicted octanol–water partition coefficient (Wildman–Crippen LogP) is 5.28. The Morgan fingerprint density at radius 2 is 1.96 bits per heavy atom. The lowest BCUT2D eigenvalue weighted by atomic mass is 9.92. The second kappa shape index (κ2) is 7.91. The molecule has 2 aliphatic rings. The van der Waals surface area contributed by atoms with Gasteiger partial charge in [0.05, 0.1) is 12.0 Å². The monoisotopic (exact) mass is 358 g/mol. The van der Waals surface area contributed by atoms with Gasteiger partial charge in [-0.2, -0.15) is 5.10 Å². The molecule has 0 bridgehead atoms. The molecule has 0 aromatic heterocycles. The molecule has 0 amide bonds. The maximum absolute atomic E-state index is 13.7. The zero-order chi connectivity index (χ0) is 17.8. The minimum atomic E-state index is -0.268. The van der Waals surface area contributed by atoms with Crippen molar-refractivity contribution in [2.24, 2.45) is 5.10 Å². The van der Waals surface area contributed by atoms with Gasteiger partial charge in [-0.05, 0) is 23.4 Å². The smallest absolute Gasteiger partial charge is 0.144 e. The van der Waals surface area contributed by atoms with Gasteiger partial charge in [0.2, 0.25) is 0 Å². The number of halogens is 1. The fraction of sp³-hybridized carbons (Fsp3) is 0.350. The van der Waals surface area contributed by atoms with Gasteiger partial charge < -0.3 is 4.74 Å². The van der Waals surface area contributed by atoms with Crippen molar-refractivity contribution in [1.82, 2.24) is 0 Å². The van der Waals surface area contributed by atoms with Crippen LogP contribution in [-0.2, 0) is 0 Å². The van der Waals surface area contributed by atoms with Crippen LogP contribution in [0.3, 0.4) is 0 Å². The molecule has 5 heteroatoms. The van der Waals surface area contributed by atoms with E-state index < -0.39 is 0 Å². The quantitative estimate of drug-likeness (QED) is 0.730. The summed E-state index contributed by atoms with van der Waals surface area (Å²) in [6.45, 7) is 6.67. The third kappa shape index (κ3) is 3.38. The van der Waals surface area contributed by atoms with E-state index in [2.05, 4.69) is 19.1 Å². The number of fused-ring (bicyclic) bond motifs is 3. The average Bonchev–Trinajstić information content (AvgIpc) is 3.03. The van der Waals surface area contributed by atoms with E-state index in [1.54, 1.807) is 17.8 Å². The molecule has 2 atom stereocenters. The molecular formula is C20H23FN2OS. The molecule has 0 N–H and O–H groups in total. The van der Waals surface area contributed by atoms with E-state index >= 15 is 0 Å². The van der Waals surface area contributed by atoms with Crippen LogP contribution in [0.1, 0.15) is 32.3 Å². The van der Waals surface area contributed by atoms with Crippen molar-refractivity contribution in [2.75, 3.05) is 17.4 Å². The highest BCUT2D eigenvalue weighted by atomic mass is 32.2.